The van der Waals surface area contributed by atoms with Gasteiger partial charge in [-0.1, -0.05) is 19.3 Å². The van der Waals surface area contributed by atoms with Crippen molar-refractivity contribution in [3.8, 4) is 0 Å². The van der Waals surface area contributed by atoms with Crippen molar-refractivity contribution in [2.45, 2.75) is 44.7 Å². The normalized spacial score (nSPS) is 17.4. The van der Waals surface area contributed by atoms with Crippen LogP contribution in [0.1, 0.15) is 44.0 Å². The number of tetrazole rings is 1. The minimum absolute atomic E-state index is 0.476. The van der Waals surface area contributed by atoms with Crippen LogP contribution in [0.15, 0.2) is 18.5 Å². The van der Waals surface area contributed by atoms with Crippen molar-refractivity contribution in [2.24, 2.45) is 0 Å². The van der Waals surface area contributed by atoms with Crippen LogP contribution in [0.4, 0.5) is 0 Å². The van der Waals surface area contributed by atoms with E-state index in [1.807, 2.05) is 21.6 Å². The van der Waals surface area contributed by atoms with E-state index in [0.717, 1.165) is 5.82 Å². The fraction of sp³-hybridized carbons (Fsp3) is 0.636. The van der Waals surface area contributed by atoms with E-state index in [2.05, 4.69) is 20.6 Å². The minimum Gasteiger partial charge on any atom is -0.265 e. The molecule has 0 amide bonds. The second-order valence-corrected chi connectivity index (χ2v) is 4.54. The molecule has 3 rings (SSSR count). The summed E-state index contributed by atoms with van der Waals surface area (Å²) in [4.78, 5) is 0. The van der Waals surface area contributed by atoms with Gasteiger partial charge >= 0.3 is 0 Å². The van der Waals surface area contributed by atoms with E-state index in [1.54, 1.807) is 6.20 Å². The van der Waals surface area contributed by atoms with Crippen LogP contribution in [0.25, 0.3) is 0 Å². The number of hydrogen-bond donors (Lipinski definition) is 0. The summed E-state index contributed by atoms with van der Waals surface area (Å²) in [5.41, 5.74) is 0. The molecule has 0 saturated heterocycles. The van der Waals surface area contributed by atoms with Crippen LogP contribution >= 0.6 is 0 Å². The van der Waals surface area contributed by atoms with E-state index in [-0.39, 0.29) is 0 Å². The molecular formula is C11H16N6. The molecule has 1 saturated carbocycles. The molecule has 0 atom stereocenters. The molecule has 0 aromatic carbocycles. The highest BCUT2D eigenvalue weighted by molar-refractivity contribution is 4.89. The minimum atomic E-state index is 0.476. The van der Waals surface area contributed by atoms with Gasteiger partial charge < -0.3 is 0 Å². The maximum absolute atomic E-state index is 4.19. The maximum atomic E-state index is 4.19. The predicted octanol–water partition coefficient (Wildman–Crippen LogP) is 1.42. The van der Waals surface area contributed by atoms with Crippen LogP contribution in [0.3, 0.4) is 0 Å². The summed E-state index contributed by atoms with van der Waals surface area (Å²) in [7, 11) is 0. The second kappa shape index (κ2) is 4.65. The Labute approximate surface area is 99.6 Å². The highest BCUT2D eigenvalue weighted by Gasteiger charge is 2.19. The zero-order chi connectivity index (χ0) is 11.5. The molecule has 0 unspecified atom stereocenters. The van der Waals surface area contributed by atoms with Crippen molar-refractivity contribution < 1.29 is 0 Å². The molecule has 6 heteroatoms. The third kappa shape index (κ3) is 2.20. The lowest BCUT2D eigenvalue weighted by Crippen LogP contribution is -2.18. The van der Waals surface area contributed by atoms with Gasteiger partial charge in [-0.15, -0.1) is 5.10 Å². The lowest BCUT2D eigenvalue weighted by molar-refractivity contribution is 0.314. The van der Waals surface area contributed by atoms with Crippen molar-refractivity contribution in [1.29, 1.82) is 0 Å². The predicted molar refractivity (Wildman–Crippen MR) is 61.3 cm³/mol. The average molecular weight is 232 g/mol. The van der Waals surface area contributed by atoms with Gasteiger partial charge in [0.05, 0.1) is 6.04 Å². The molecule has 0 bridgehead atoms. The summed E-state index contributed by atoms with van der Waals surface area (Å²) in [5.74, 6) is 0.903. The smallest absolute Gasteiger partial charge is 0.173 e. The highest BCUT2D eigenvalue weighted by Crippen LogP contribution is 2.27. The fourth-order valence-electron chi connectivity index (χ4n) is 2.46. The molecule has 1 aliphatic carbocycles. The molecule has 6 nitrogen and oxygen atoms in total. The molecule has 2 aromatic rings. The van der Waals surface area contributed by atoms with Gasteiger partial charge in [0.25, 0.3) is 0 Å². The molecule has 2 heterocycles. The van der Waals surface area contributed by atoms with Gasteiger partial charge in [-0.05, 0) is 29.3 Å². The topological polar surface area (TPSA) is 61.4 Å². The largest absolute Gasteiger partial charge is 0.265 e. The Morgan fingerprint density at radius 2 is 2.12 bits per heavy atom. The van der Waals surface area contributed by atoms with E-state index < -0.39 is 0 Å². The molecule has 0 radical (unpaired) electrons. The molecule has 1 fully saturated rings. The highest BCUT2D eigenvalue weighted by atomic mass is 15.6. The molecule has 17 heavy (non-hydrogen) atoms. The summed E-state index contributed by atoms with van der Waals surface area (Å²) in [6, 6.07) is 2.39. The molecule has 0 N–H and O–H groups in total. The molecule has 2 aromatic heterocycles. The Balaban J connectivity index is 1.78. The van der Waals surface area contributed by atoms with Gasteiger partial charge in [-0.3, -0.25) is 4.68 Å². The van der Waals surface area contributed by atoms with Crippen LogP contribution in [0, 0.1) is 0 Å². The van der Waals surface area contributed by atoms with Gasteiger partial charge in [0.1, 0.15) is 6.54 Å². The number of hydrogen-bond acceptors (Lipinski definition) is 4. The first-order valence-electron chi connectivity index (χ1n) is 6.17. The second-order valence-electron chi connectivity index (χ2n) is 4.54. The molecule has 90 valence electrons. The van der Waals surface area contributed by atoms with Crippen molar-refractivity contribution in [1.82, 2.24) is 30.0 Å². The van der Waals surface area contributed by atoms with E-state index in [1.165, 1.54) is 32.1 Å². The van der Waals surface area contributed by atoms with Crippen LogP contribution in [-0.2, 0) is 6.54 Å². The van der Waals surface area contributed by atoms with Crippen LogP contribution < -0.4 is 0 Å². The third-order valence-electron chi connectivity index (χ3n) is 3.34. The quantitative estimate of drug-likeness (QED) is 0.803. The monoisotopic (exact) mass is 232 g/mol. The summed E-state index contributed by atoms with van der Waals surface area (Å²) >= 11 is 0. The fourth-order valence-corrected chi connectivity index (χ4v) is 2.46. The lowest BCUT2D eigenvalue weighted by Gasteiger charge is -2.22. The first-order chi connectivity index (χ1) is 8.43. The van der Waals surface area contributed by atoms with E-state index in [9.17, 15) is 0 Å². The molecule has 0 spiro atoms. The molecule has 1 aliphatic rings. The SMILES string of the molecule is c1cnn(Cc2nnnn2C2CCCCC2)c1. The maximum Gasteiger partial charge on any atom is 0.173 e. The van der Waals surface area contributed by atoms with E-state index >= 15 is 0 Å². The number of nitrogens with zero attached hydrogens (tertiary/aromatic N) is 6. The Hall–Kier alpha value is -1.72. The van der Waals surface area contributed by atoms with Crippen LogP contribution in [0.2, 0.25) is 0 Å². The molecule has 0 aliphatic heterocycles. The number of rotatable bonds is 3. The zero-order valence-electron chi connectivity index (χ0n) is 9.74. The van der Waals surface area contributed by atoms with Gasteiger partial charge in [0.15, 0.2) is 5.82 Å². The Morgan fingerprint density at radius 1 is 1.24 bits per heavy atom. The summed E-state index contributed by atoms with van der Waals surface area (Å²) in [5, 5.41) is 16.2. The van der Waals surface area contributed by atoms with Gasteiger partial charge in [0, 0.05) is 12.4 Å². The van der Waals surface area contributed by atoms with Crippen molar-refractivity contribution >= 4 is 0 Å². The van der Waals surface area contributed by atoms with Crippen LogP contribution in [-0.4, -0.2) is 30.0 Å². The lowest BCUT2D eigenvalue weighted by atomic mass is 9.96. The standard InChI is InChI=1S/C11H16N6/c1-2-5-10(6-3-1)17-11(13-14-15-17)9-16-8-4-7-12-16/h4,7-8,10H,1-3,5-6,9H2. The summed E-state index contributed by atoms with van der Waals surface area (Å²) < 4.78 is 3.84. The summed E-state index contributed by atoms with van der Waals surface area (Å²) in [6.07, 6.45) is 9.99. The van der Waals surface area contributed by atoms with Crippen LogP contribution in [0.5, 0.6) is 0 Å². The first-order valence-corrected chi connectivity index (χ1v) is 6.17. The first kappa shape index (κ1) is 10.4. The average Bonchev–Trinajstić information content (AvgIpc) is 3.02. The Bertz CT molecular complexity index is 454. The Kier molecular flexibility index (Phi) is 2.85. The summed E-state index contributed by atoms with van der Waals surface area (Å²) in [6.45, 7) is 0.649. The van der Waals surface area contributed by atoms with Crippen molar-refractivity contribution in [3.05, 3.63) is 24.3 Å². The zero-order valence-corrected chi connectivity index (χ0v) is 9.74. The number of aromatic nitrogens is 6. The van der Waals surface area contributed by atoms with Gasteiger partial charge in [0.2, 0.25) is 0 Å². The third-order valence-corrected chi connectivity index (χ3v) is 3.34. The van der Waals surface area contributed by atoms with Gasteiger partial charge in [-0.25, -0.2) is 4.68 Å². The van der Waals surface area contributed by atoms with E-state index in [0.29, 0.717) is 12.6 Å². The molecular weight excluding hydrogens is 216 g/mol. The Morgan fingerprint density at radius 3 is 2.88 bits per heavy atom. The van der Waals surface area contributed by atoms with Crippen molar-refractivity contribution in [2.75, 3.05) is 0 Å². The van der Waals surface area contributed by atoms with Gasteiger partial charge in [-0.2, -0.15) is 5.10 Å². The van der Waals surface area contributed by atoms with E-state index in [4.69, 9.17) is 0 Å². The van der Waals surface area contributed by atoms with Crippen molar-refractivity contribution in [3.63, 3.8) is 0 Å².